The molecule has 20 heteroatoms. The van der Waals surface area contributed by atoms with Crippen LogP contribution >= 0.6 is 23.4 Å². The van der Waals surface area contributed by atoms with Crippen molar-refractivity contribution in [1.82, 2.24) is 20.4 Å². The lowest BCUT2D eigenvalue weighted by molar-refractivity contribution is -0.162. The summed E-state index contributed by atoms with van der Waals surface area (Å²) in [4.78, 5) is 99.3. The number of esters is 1. The second-order valence-corrected chi connectivity index (χ2v) is 20.6. The van der Waals surface area contributed by atoms with Crippen LogP contribution in [-0.2, 0) is 49.4 Å². The number of ketones is 1. The Morgan fingerprint density at radius 2 is 1.89 bits per heavy atom. The van der Waals surface area contributed by atoms with Gasteiger partial charge in [-0.1, -0.05) is 62.2 Å². The van der Waals surface area contributed by atoms with Crippen LogP contribution in [0.2, 0.25) is 5.02 Å². The number of fused-ring (bicyclic) bond motifs is 5. The maximum absolute atomic E-state index is 14.4. The fraction of sp³-hybridized carbons (Fsp3) is 0.588. The van der Waals surface area contributed by atoms with Crippen molar-refractivity contribution < 1.29 is 57.6 Å². The van der Waals surface area contributed by atoms with Crippen LogP contribution in [0.4, 0.5) is 10.5 Å². The van der Waals surface area contributed by atoms with Crippen LogP contribution in [0.5, 0.6) is 5.75 Å². The van der Waals surface area contributed by atoms with E-state index in [1.807, 2.05) is 19.1 Å². The number of benzene rings is 1. The van der Waals surface area contributed by atoms with Gasteiger partial charge in [-0.25, -0.2) is 9.59 Å². The fourth-order valence-corrected chi connectivity index (χ4v) is 10.1. The molecule has 2 saturated heterocycles. The number of anilines is 1. The van der Waals surface area contributed by atoms with Crippen molar-refractivity contribution >= 4 is 70.5 Å². The zero-order chi connectivity index (χ0) is 52.5. The number of methoxy groups -OCH3 is 1. The summed E-state index contributed by atoms with van der Waals surface area (Å²) in [5.41, 5.74) is 5.28. The molecule has 4 aliphatic rings. The molecule has 71 heavy (non-hydrogen) atoms. The summed E-state index contributed by atoms with van der Waals surface area (Å²) in [6.07, 6.45) is 8.00. The Hall–Kier alpha value is -5.21. The molecule has 4 aliphatic heterocycles. The molecule has 2 fully saturated rings. The van der Waals surface area contributed by atoms with Crippen LogP contribution in [0.3, 0.4) is 0 Å². The number of likely N-dealkylation sites (N-methyl/N-ethyl adjacent to an activating group) is 1. The zero-order valence-corrected chi connectivity index (χ0v) is 43.9. The number of aliphatic hydroxyl groups is 1. The van der Waals surface area contributed by atoms with E-state index in [9.17, 15) is 38.7 Å². The van der Waals surface area contributed by atoms with Gasteiger partial charge in [0.05, 0.1) is 25.3 Å². The minimum atomic E-state index is -1.68. The molecule has 5 rings (SSSR count). The molecule has 18 nitrogen and oxygen atoms in total. The van der Waals surface area contributed by atoms with Gasteiger partial charge in [-0.2, -0.15) is 11.8 Å². The molecule has 5 amide bonds. The zero-order valence-electron chi connectivity index (χ0n) is 42.3. The highest BCUT2D eigenvalue weighted by Gasteiger charge is 2.64. The number of rotatable bonds is 18. The number of unbranched alkanes of at least 4 members (excludes halogenated alkanes) is 1. The number of carbonyl (C=O) groups is 7. The van der Waals surface area contributed by atoms with Crippen molar-refractivity contribution in [3.63, 3.8) is 0 Å². The number of epoxide rings is 1. The maximum Gasteiger partial charge on any atom is 0.409 e. The molecule has 7 unspecified atom stereocenters. The van der Waals surface area contributed by atoms with Gasteiger partial charge < -0.3 is 49.8 Å². The van der Waals surface area contributed by atoms with Gasteiger partial charge in [-0.15, -0.1) is 0 Å². The van der Waals surface area contributed by atoms with Crippen molar-refractivity contribution in [1.29, 1.82) is 0 Å². The van der Waals surface area contributed by atoms with E-state index >= 15 is 0 Å². The van der Waals surface area contributed by atoms with Gasteiger partial charge >= 0.3 is 12.1 Å². The second-order valence-electron chi connectivity index (χ2n) is 19.3. The Labute approximate surface area is 426 Å². The van der Waals surface area contributed by atoms with Crippen LogP contribution < -0.4 is 26.0 Å². The lowest BCUT2D eigenvalue weighted by Crippen LogP contribution is -2.60. The Morgan fingerprint density at radius 3 is 2.54 bits per heavy atom. The van der Waals surface area contributed by atoms with Gasteiger partial charge in [-0.05, 0) is 76.6 Å². The molecule has 0 aromatic heterocycles. The first-order valence-electron chi connectivity index (χ1n) is 24.0. The number of halogens is 1. The van der Waals surface area contributed by atoms with Crippen molar-refractivity contribution in [2.75, 3.05) is 51.2 Å². The molecule has 5 N–H and O–H groups in total. The van der Waals surface area contributed by atoms with Gasteiger partial charge in [0.1, 0.15) is 52.2 Å². The summed E-state index contributed by atoms with van der Waals surface area (Å²) >= 11 is 8.13. The molecule has 4 bridgehead atoms. The number of nitrogens with two attached hydrogens (primary N) is 1. The topological polar surface area (TPSA) is 240 Å². The van der Waals surface area contributed by atoms with Crippen molar-refractivity contribution in [2.45, 2.75) is 128 Å². The Kier molecular flexibility index (Phi) is 19.5. The van der Waals surface area contributed by atoms with Crippen molar-refractivity contribution in [3.05, 3.63) is 70.9 Å². The highest BCUT2D eigenvalue weighted by Crippen LogP contribution is 2.49. The molecule has 0 aliphatic carbocycles. The van der Waals surface area contributed by atoms with Gasteiger partial charge in [0.2, 0.25) is 17.7 Å². The molecule has 0 spiro atoms. The predicted molar refractivity (Wildman–Crippen MR) is 270 cm³/mol. The summed E-state index contributed by atoms with van der Waals surface area (Å²) in [5.74, 6) is -4.42. The summed E-state index contributed by atoms with van der Waals surface area (Å²) in [5, 5.41) is 17.4. The molecule has 1 aromatic rings. The monoisotopic (exact) mass is 1030 g/mol. The van der Waals surface area contributed by atoms with Crippen LogP contribution in [-0.4, -0.2) is 144 Å². The quantitative estimate of drug-likeness (QED) is 0.0862. The third-order valence-electron chi connectivity index (χ3n) is 14.1. The van der Waals surface area contributed by atoms with E-state index in [1.165, 1.54) is 53.6 Å². The largest absolute Gasteiger partial charge is 0.495 e. The minimum absolute atomic E-state index is 0.00192. The number of nitrogens with zero attached hydrogens (tertiary/aromatic N) is 3. The molecular weight excluding hydrogens is 956 g/mol. The molecule has 0 radical (unpaired) electrons. The van der Waals surface area contributed by atoms with Gasteiger partial charge in [0.15, 0.2) is 0 Å². The predicted octanol–water partition coefficient (Wildman–Crippen LogP) is 4.99. The molecule has 10 atom stereocenters. The third kappa shape index (κ3) is 13.9. The Morgan fingerprint density at radius 1 is 1.17 bits per heavy atom. The van der Waals surface area contributed by atoms with Crippen LogP contribution in [0.25, 0.3) is 0 Å². The number of allylic oxidation sites excluding steroid dienone is 4. The average molecular weight is 1030 g/mol. The Balaban J connectivity index is 1.39. The number of hydrogen-bond donors (Lipinski definition) is 4. The van der Waals surface area contributed by atoms with E-state index < -0.39 is 95.7 Å². The number of carbonyl (C=O) groups excluding carboxylic acids is 7. The minimum Gasteiger partial charge on any atom is -0.495 e. The van der Waals surface area contributed by atoms with Crippen LogP contribution in [0, 0.1) is 17.8 Å². The standard InChI is InChI=1S/C51H71ClN6O12S/c1-29-14-13-15-30(2)51(66)27-40(68-49(65)55-51)32(4)45-50(6,70-45)41(26-43(61)57(8)38-23-34(22-29)24-39(67-9)44(38)52)69-48(64)33(5)56(7)47(63)37(28-71-10)54-46(62)35(16-11-12-20-53)25-36(59)19-21-58-31(3)17-18-42(58)60/h13-15,17-18,23-24,30,32-33,35,37,40-41,45,66H,3,11-12,16,19-22,25-28,53H2,1-2,4-10H3,(H,54,62)(H,55,65)/b15-13+,29-14+/t30?,32?,33-,35-,37-,40?,41?,45?,50?,51?/m0/s1. The number of alkyl carbamates (subject to hydrolysis) is 1. The molecule has 1 aromatic carbocycles. The normalized spacial score (nSPS) is 28.1. The molecular formula is C51H71ClN6O12S. The van der Waals surface area contributed by atoms with Crippen LogP contribution in [0.1, 0.15) is 85.1 Å². The fourth-order valence-electron chi connectivity index (χ4n) is 9.19. The van der Waals surface area contributed by atoms with E-state index in [2.05, 4.69) is 17.2 Å². The lowest BCUT2D eigenvalue weighted by atomic mass is 9.82. The highest BCUT2D eigenvalue weighted by molar-refractivity contribution is 7.98. The molecule has 4 heterocycles. The van der Waals surface area contributed by atoms with Crippen LogP contribution in [0.15, 0.2) is 60.4 Å². The first kappa shape index (κ1) is 56.7. The molecule has 390 valence electrons. The number of amides is 5. The Bertz CT molecular complexity index is 2290. The number of thioether (sulfide) groups is 1. The number of ether oxygens (including phenoxy) is 4. The lowest BCUT2D eigenvalue weighted by Gasteiger charge is -2.41. The second kappa shape index (κ2) is 24.5. The summed E-state index contributed by atoms with van der Waals surface area (Å²) in [6.45, 7) is 13.0. The summed E-state index contributed by atoms with van der Waals surface area (Å²) in [6, 6.07) is 1.21. The van der Waals surface area contributed by atoms with E-state index in [-0.39, 0.29) is 48.3 Å². The first-order valence-corrected chi connectivity index (χ1v) is 25.8. The number of nitrogens with one attached hydrogen (secondary N) is 2. The van der Waals surface area contributed by atoms with E-state index in [0.29, 0.717) is 49.4 Å². The van der Waals surface area contributed by atoms with E-state index in [1.54, 1.807) is 58.4 Å². The van der Waals surface area contributed by atoms with Crippen molar-refractivity contribution in [3.8, 4) is 5.75 Å². The average Bonchev–Trinajstić information content (AvgIpc) is 3.92. The SMILES string of the molecule is C=C1C=CC(=O)N1CCC(=O)C[C@H](CCCCN)C(=O)N[C@@H](CSC)C(=O)N(C)[C@@H](C)C(=O)OC1CC(=O)N(C)c2cc(cc(OC)c2Cl)C/C(C)=C/C=C/C(C)C2(O)CC(OC(=O)N2)C(C)C2OC12C. The summed E-state index contributed by atoms with van der Waals surface area (Å²) < 4.78 is 23.9. The molecule has 0 saturated carbocycles. The number of Topliss-reactive ketones (excluding diaryl/α,β-unsaturated/α-hetero) is 1. The van der Waals surface area contributed by atoms with Gasteiger partial charge in [-0.3, -0.25) is 29.3 Å². The summed E-state index contributed by atoms with van der Waals surface area (Å²) in [7, 11) is 4.43. The van der Waals surface area contributed by atoms with Crippen molar-refractivity contribution in [2.24, 2.45) is 23.5 Å². The number of hydrogen-bond acceptors (Lipinski definition) is 14. The smallest absolute Gasteiger partial charge is 0.409 e. The van der Waals surface area contributed by atoms with Gasteiger partial charge in [0, 0.05) is 75.2 Å². The first-order chi connectivity index (χ1) is 33.5. The highest BCUT2D eigenvalue weighted by atomic mass is 35.5. The van der Waals surface area contributed by atoms with Gasteiger partial charge in [0.25, 0.3) is 5.91 Å². The third-order valence-corrected chi connectivity index (χ3v) is 15.1. The van der Waals surface area contributed by atoms with E-state index in [0.717, 1.165) is 11.1 Å². The maximum atomic E-state index is 14.4. The van der Waals surface area contributed by atoms with E-state index in [4.69, 9.17) is 36.3 Å².